The van der Waals surface area contributed by atoms with Crippen molar-refractivity contribution >= 4 is 28.9 Å². The Hall–Kier alpha value is -3.40. The van der Waals surface area contributed by atoms with Crippen LogP contribution in [0.1, 0.15) is 30.0 Å². The lowest BCUT2D eigenvalue weighted by molar-refractivity contribution is -0.138. The van der Waals surface area contributed by atoms with Crippen molar-refractivity contribution in [2.45, 2.75) is 26.3 Å². The molecule has 0 saturated carbocycles. The van der Waals surface area contributed by atoms with Crippen LogP contribution < -0.4 is 5.56 Å². The first-order valence-corrected chi connectivity index (χ1v) is 7.81. The number of nitrogens with zero attached hydrogens (tertiary/aromatic N) is 3. The van der Waals surface area contributed by atoms with E-state index < -0.39 is 12.0 Å². The monoisotopic (exact) mass is 336 g/mol. The molecular weight excluding hydrogens is 320 g/mol. The highest BCUT2D eigenvalue weighted by Gasteiger charge is 2.18. The normalized spacial score (nSPS) is 12.7. The van der Waals surface area contributed by atoms with E-state index in [-0.39, 0.29) is 11.1 Å². The smallest absolute Gasteiger partial charge is 0.328 e. The van der Waals surface area contributed by atoms with Crippen LogP contribution in [-0.4, -0.2) is 32.7 Å². The van der Waals surface area contributed by atoms with Crippen LogP contribution in [0.25, 0.3) is 16.7 Å². The first-order valence-electron chi connectivity index (χ1n) is 7.81. The number of rotatable bonds is 4. The number of nitrogens with one attached hydrogen (secondary N) is 1. The molecule has 0 saturated heterocycles. The van der Waals surface area contributed by atoms with Gasteiger partial charge < -0.3 is 10.1 Å². The molecule has 126 valence electrons. The van der Waals surface area contributed by atoms with Gasteiger partial charge in [-0.3, -0.25) is 14.2 Å². The Bertz CT molecular complexity index is 1120. The average Bonchev–Trinajstić information content (AvgIpc) is 2.97. The summed E-state index contributed by atoms with van der Waals surface area (Å²) in [7, 11) is 0. The molecule has 0 unspecified atom stereocenters. The third-order valence-corrected chi connectivity index (χ3v) is 4.24. The number of fused-ring (bicyclic) bond motifs is 3. The third-order valence-electron chi connectivity index (χ3n) is 4.24. The Morgan fingerprint density at radius 1 is 1.48 bits per heavy atom. The zero-order chi connectivity index (χ0) is 18.1. The van der Waals surface area contributed by atoms with E-state index >= 15 is 0 Å². The van der Waals surface area contributed by atoms with Crippen molar-refractivity contribution in [1.82, 2.24) is 9.38 Å². The predicted molar refractivity (Wildman–Crippen MR) is 94.3 cm³/mol. The second-order valence-electron chi connectivity index (χ2n) is 5.70. The summed E-state index contributed by atoms with van der Waals surface area (Å²) in [4.78, 5) is 31.2. The minimum atomic E-state index is -1.05. The van der Waals surface area contributed by atoms with Gasteiger partial charge in [-0.1, -0.05) is 19.1 Å². The molecule has 0 aliphatic rings. The molecule has 2 aromatic heterocycles. The summed E-state index contributed by atoms with van der Waals surface area (Å²) in [6.07, 6.45) is 1.58. The number of H-pyrrole nitrogens is 1. The first kappa shape index (κ1) is 16.5. The molecule has 2 heterocycles. The zero-order valence-corrected chi connectivity index (χ0v) is 13.8. The second kappa shape index (κ2) is 6.24. The number of hydrogen-bond donors (Lipinski definition) is 2. The predicted octanol–water partition coefficient (Wildman–Crippen LogP) is 2.24. The van der Waals surface area contributed by atoms with Crippen molar-refractivity contribution in [2.75, 3.05) is 0 Å². The quantitative estimate of drug-likeness (QED) is 0.712. The molecule has 0 aliphatic carbocycles. The van der Waals surface area contributed by atoms with Gasteiger partial charge in [0.15, 0.2) is 0 Å². The molecule has 0 aliphatic heterocycles. The molecule has 3 rings (SSSR count). The molecule has 0 radical (unpaired) electrons. The fraction of sp³-hybridized carbons (Fsp3) is 0.222. The van der Waals surface area contributed by atoms with E-state index in [1.54, 1.807) is 26.0 Å². The van der Waals surface area contributed by atoms with Gasteiger partial charge in [0.05, 0.1) is 22.2 Å². The van der Waals surface area contributed by atoms with Crippen LogP contribution in [0.15, 0.2) is 34.1 Å². The van der Waals surface area contributed by atoms with Gasteiger partial charge >= 0.3 is 5.97 Å². The van der Waals surface area contributed by atoms with E-state index in [9.17, 15) is 14.9 Å². The van der Waals surface area contributed by atoms with Gasteiger partial charge in [0.2, 0.25) is 0 Å². The van der Waals surface area contributed by atoms with Gasteiger partial charge in [-0.05, 0) is 31.0 Å². The number of aliphatic imine (C=N–C) groups is 1. The second-order valence-corrected chi connectivity index (χ2v) is 5.70. The maximum Gasteiger partial charge on any atom is 0.328 e. The van der Waals surface area contributed by atoms with Crippen LogP contribution in [0.2, 0.25) is 0 Å². The number of aromatic nitrogens is 2. The van der Waals surface area contributed by atoms with Crippen LogP contribution in [-0.2, 0) is 4.79 Å². The number of aliphatic carboxylic acids is 1. The highest BCUT2D eigenvalue weighted by atomic mass is 16.4. The molecule has 0 amide bonds. The number of carboxylic acid groups (broad SMARTS) is 1. The van der Waals surface area contributed by atoms with E-state index in [0.717, 1.165) is 5.52 Å². The largest absolute Gasteiger partial charge is 0.480 e. The molecule has 7 heteroatoms. The zero-order valence-electron chi connectivity index (χ0n) is 13.8. The molecule has 7 nitrogen and oxygen atoms in total. The van der Waals surface area contributed by atoms with Crippen molar-refractivity contribution in [1.29, 1.82) is 5.26 Å². The molecule has 0 spiro atoms. The number of carbonyl (C=O) groups is 1. The molecule has 0 bridgehead atoms. The molecule has 2 N–H and O–H groups in total. The number of aromatic amines is 1. The summed E-state index contributed by atoms with van der Waals surface area (Å²) >= 11 is 0. The van der Waals surface area contributed by atoms with Crippen LogP contribution in [0.4, 0.5) is 0 Å². The van der Waals surface area contributed by atoms with Gasteiger partial charge in [0.25, 0.3) is 5.56 Å². The Balaban J connectivity index is 2.35. The Labute approximate surface area is 142 Å². The number of carboxylic acids is 1. The van der Waals surface area contributed by atoms with Crippen LogP contribution in [0.3, 0.4) is 0 Å². The van der Waals surface area contributed by atoms with Crippen molar-refractivity contribution in [2.24, 2.45) is 4.99 Å². The van der Waals surface area contributed by atoms with E-state index in [1.807, 2.05) is 12.1 Å². The molecule has 1 aromatic carbocycles. The number of para-hydroxylation sites is 2. The SMILES string of the molecule is CC[C@H](N=Cc1c(C)c(C#N)c2[nH]c3ccccc3n2c1=O)C(=O)O. The van der Waals surface area contributed by atoms with Crippen LogP contribution in [0, 0.1) is 18.3 Å². The highest BCUT2D eigenvalue weighted by Crippen LogP contribution is 2.20. The molecule has 1 atom stereocenters. The standard InChI is InChI=1S/C18H16N4O3/c1-3-13(18(24)25)20-9-12-10(2)11(8-19)16-21-14-6-4-5-7-15(14)22(16)17(12)23/h4-7,9,13,21H,3H2,1-2H3,(H,24,25)/t13-/m0/s1. The highest BCUT2D eigenvalue weighted by molar-refractivity contribution is 5.89. The number of nitriles is 1. The Kier molecular flexibility index (Phi) is 4.11. The van der Waals surface area contributed by atoms with Crippen molar-refractivity contribution < 1.29 is 9.90 Å². The first-order chi connectivity index (χ1) is 12.0. The fourth-order valence-corrected chi connectivity index (χ4v) is 2.85. The molecule has 3 aromatic rings. The lowest BCUT2D eigenvalue weighted by Crippen LogP contribution is -2.22. The molecule has 0 fully saturated rings. The number of imidazole rings is 1. The topological polar surface area (TPSA) is 111 Å². The summed E-state index contributed by atoms with van der Waals surface area (Å²) in [5, 5.41) is 18.7. The van der Waals surface area contributed by atoms with E-state index in [4.69, 9.17) is 5.11 Å². The van der Waals surface area contributed by atoms with E-state index in [2.05, 4.69) is 16.0 Å². The average molecular weight is 336 g/mol. The maximum absolute atomic E-state index is 13.0. The lowest BCUT2D eigenvalue weighted by atomic mass is 10.1. The summed E-state index contributed by atoms with van der Waals surface area (Å²) < 4.78 is 1.43. The maximum atomic E-state index is 13.0. The van der Waals surface area contributed by atoms with E-state index in [0.29, 0.717) is 28.7 Å². The summed E-state index contributed by atoms with van der Waals surface area (Å²) in [5.41, 5.74) is 2.50. The minimum Gasteiger partial charge on any atom is -0.480 e. The summed E-state index contributed by atoms with van der Waals surface area (Å²) in [6.45, 7) is 3.37. The number of pyridine rings is 1. The Morgan fingerprint density at radius 2 is 2.20 bits per heavy atom. The minimum absolute atomic E-state index is 0.221. The molecular formula is C18H16N4O3. The Morgan fingerprint density at radius 3 is 2.84 bits per heavy atom. The van der Waals surface area contributed by atoms with Crippen LogP contribution in [0.5, 0.6) is 0 Å². The van der Waals surface area contributed by atoms with Gasteiger partial charge in [-0.15, -0.1) is 0 Å². The lowest BCUT2D eigenvalue weighted by Gasteiger charge is -2.07. The fourth-order valence-electron chi connectivity index (χ4n) is 2.85. The van der Waals surface area contributed by atoms with Gasteiger partial charge in [-0.2, -0.15) is 5.26 Å². The summed E-state index contributed by atoms with van der Waals surface area (Å²) in [5.74, 6) is -1.05. The molecule has 25 heavy (non-hydrogen) atoms. The van der Waals surface area contributed by atoms with Gasteiger partial charge in [-0.25, -0.2) is 4.79 Å². The number of hydrogen-bond acceptors (Lipinski definition) is 4. The van der Waals surface area contributed by atoms with E-state index in [1.165, 1.54) is 10.6 Å². The number of benzene rings is 1. The van der Waals surface area contributed by atoms with Crippen molar-refractivity contribution in [3.05, 3.63) is 51.3 Å². The van der Waals surface area contributed by atoms with Crippen molar-refractivity contribution in [3.63, 3.8) is 0 Å². The van der Waals surface area contributed by atoms with Crippen LogP contribution >= 0.6 is 0 Å². The summed E-state index contributed by atoms with van der Waals surface area (Å²) in [6, 6.07) is 8.44. The van der Waals surface area contributed by atoms with Gasteiger partial charge in [0.1, 0.15) is 17.8 Å². The van der Waals surface area contributed by atoms with Crippen molar-refractivity contribution in [3.8, 4) is 6.07 Å². The third kappa shape index (κ3) is 2.58. The van der Waals surface area contributed by atoms with Gasteiger partial charge in [0, 0.05) is 6.21 Å².